The first-order chi connectivity index (χ1) is 5.02. The first-order valence-corrected chi connectivity index (χ1v) is 4.43. The molecular formula is C5H2F3OS2. The first-order valence-electron chi connectivity index (χ1n) is 2.46. The average molecular weight is 199 g/mol. The molecule has 0 amide bonds. The highest BCUT2D eigenvalue weighted by atomic mass is 32.2. The van der Waals surface area contributed by atoms with Crippen molar-refractivity contribution in [2.45, 2.75) is 9.72 Å². The molecule has 1 heterocycles. The number of alkyl halides is 3. The summed E-state index contributed by atoms with van der Waals surface area (Å²) in [6.07, 6.45) is 0. The van der Waals surface area contributed by atoms with E-state index in [1.54, 1.807) is 0 Å². The predicted octanol–water partition coefficient (Wildman–Crippen LogP) is 2.18. The van der Waals surface area contributed by atoms with Crippen molar-refractivity contribution in [1.82, 2.24) is 0 Å². The molecule has 0 N–H and O–H groups in total. The molecule has 0 bridgehead atoms. The highest BCUT2D eigenvalue weighted by molar-refractivity contribution is 7.94. The van der Waals surface area contributed by atoms with Crippen molar-refractivity contribution in [2.24, 2.45) is 0 Å². The maximum Gasteiger partial charge on any atom is 0.579 e. The molecule has 6 heteroatoms. The fourth-order valence-corrected chi connectivity index (χ4v) is 1.98. The lowest BCUT2D eigenvalue weighted by atomic mass is 10.7. The van der Waals surface area contributed by atoms with Crippen LogP contribution in [0.2, 0.25) is 0 Å². The van der Waals surface area contributed by atoms with Gasteiger partial charge < -0.3 is 4.55 Å². The smallest absolute Gasteiger partial charge is 0.579 e. The standard InChI is InChI=1S/C5H2F3OS2/c6-5(7,8)11(9)4-2-1-3-10-4/h1-2H. The maximum atomic E-state index is 11.7. The molecule has 1 rings (SSSR count). The zero-order valence-electron chi connectivity index (χ0n) is 5.01. The highest BCUT2D eigenvalue weighted by Gasteiger charge is 2.46. The number of hydrogen-bond donors (Lipinski definition) is 0. The molecule has 0 aromatic carbocycles. The van der Waals surface area contributed by atoms with Gasteiger partial charge in [-0.3, -0.25) is 0 Å². The third-order valence-corrected chi connectivity index (χ3v) is 3.06. The lowest BCUT2D eigenvalue weighted by Gasteiger charge is -2.08. The van der Waals surface area contributed by atoms with Gasteiger partial charge in [-0.15, -0.1) is 13.2 Å². The fraction of sp³-hybridized carbons (Fsp3) is 0.200. The topological polar surface area (TPSA) is 23.1 Å². The Balaban J connectivity index is 2.78. The molecule has 0 fully saturated rings. The van der Waals surface area contributed by atoms with Crippen LogP contribution in [0.25, 0.3) is 0 Å². The summed E-state index contributed by atoms with van der Waals surface area (Å²) in [4.78, 5) is 0. The third kappa shape index (κ3) is 2.11. The summed E-state index contributed by atoms with van der Waals surface area (Å²) in [7, 11) is 0. The number of rotatable bonds is 1. The quantitative estimate of drug-likeness (QED) is 0.636. The molecule has 1 radical (unpaired) electrons. The van der Waals surface area contributed by atoms with Gasteiger partial charge in [-0.1, -0.05) is 11.3 Å². The molecular weight excluding hydrogens is 197 g/mol. The van der Waals surface area contributed by atoms with Crippen LogP contribution in [-0.4, -0.2) is 10.1 Å². The molecule has 0 aliphatic rings. The van der Waals surface area contributed by atoms with E-state index in [0.29, 0.717) is 11.3 Å². The Morgan fingerprint density at radius 2 is 2.18 bits per heavy atom. The van der Waals surface area contributed by atoms with Crippen molar-refractivity contribution in [3.05, 3.63) is 17.5 Å². The minimum atomic E-state index is -4.65. The molecule has 61 valence electrons. The molecule has 11 heavy (non-hydrogen) atoms. The second kappa shape index (κ2) is 3.04. The zero-order chi connectivity index (χ0) is 8.48. The summed E-state index contributed by atoms with van der Waals surface area (Å²) in [5.74, 6) is 0. The van der Waals surface area contributed by atoms with Gasteiger partial charge in [-0.2, -0.15) is 0 Å². The van der Waals surface area contributed by atoms with Gasteiger partial charge in [0.05, 0.1) is 0 Å². The van der Waals surface area contributed by atoms with E-state index in [1.165, 1.54) is 6.07 Å². The predicted molar refractivity (Wildman–Crippen MR) is 35.6 cm³/mol. The van der Waals surface area contributed by atoms with E-state index in [4.69, 9.17) is 0 Å². The Morgan fingerprint density at radius 3 is 2.55 bits per heavy atom. The second-order valence-corrected chi connectivity index (χ2v) is 4.17. The van der Waals surface area contributed by atoms with Crippen LogP contribution in [0.3, 0.4) is 0 Å². The van der Waals surface area contributed by atoms with E-state index in [-0.39, 0.29) is 4.21 Å². The Bertz CT molecular complexity index is 218. The average Bonchev–Trinajstić information content (AvgIpc) is 2.34. The van der Waals surface area contributed by atoms with Crippen molar-refractivity contribution in [3.63, 3.8) is 0 Å². The highest BCUT2D eigenvalue weighted by Crippen LogP contribution is 2.32. The van der Waals surface area contributed by atoms with E-state index in [0.717, 1.165) is 6.07 Å². The molecule has 0 saturated carbocycles. The summed E-state index contributed by atoms with van der Waals surface area (Å²) in [5, 5.41) is 2.43. The Hall–Kier alpha value is -0.200. The molecule has 0 saturated heterocycles. The summed E-state index contributed by atoms with van der Waals surface area (Å²) in [5.41, 5.74) is -4.65. The van der Waals surface area contributed by atoms with Crippen molar-refractivity contribution in [3.8, 4) is 0 Å². The van der Waals surface area contributed by atoms with Crippen LogP contribution < -0.4 is 0 Å². The Morgan fingerprint density at radius 1 is 1.55 bits per heavy atom. The van der Waals surface area contributed by atoms with Crippen molar-refractivity contribution in [2.75, 3.05) is 0 Å². The van der Waals surface area contributed by atoms with Crippen LogP contribution >= 0.6 is 11.3 Å². The van der Waals surface area contributed by atoms with Crippen LogP contribution in [0, 0.1) is 5.38 Å². The monoisotopic (exact) mass is 199 g/mol. The van der Waals surface area contributed by atoms with Gasteiger partial charge in [0.25, 0.3) is 0 Å². The van der Waals surface area contributed by atoms with Gasteiger partial charge in [0.1, 0.15) is 11.2 Å². The third-order valence-electron chi connectivity index (χ3n) is 0.840. The normalized spacial score (nSPS) is 14.9. The van der Waals surface area contributed by atoms with Crippen molar-refractivity contribution in [1.29, 1.82) is 0 Å². The van der Waals surface area contributed by atoms with Crippen LogP contribution in [0.1, 0.15) is 0 Å². The molecule has 1 nitrogen and oxygen atoms in total. The van der Waals surface area contributed by atoms with Gasteiger partial charge >= 0.3 is 5.51 Å². The minimum Gasteiger partial charge on any atom is -0.604 e. The van der Waals surface area contributed by atoms with E-state index in [9.17, 15) is 17.7 Å². The molecule has 0 aliphatic heterocycles. The van der Waals surface area contributed by atoms with Crippen molar-refractivity contribution >= 4 is 22.5 Å². The van der Waals surface area contributed by atoms with E-state index in [2.05, 4.69) is 5.38 Å². The maximum absolute atomic E-state index is 11.7. The zero-order valence-corrected chi connectivity index (χ0v) is 6.65. The SMILES string of the molecule is [O-][S+](c1cc[c]s1)C(F)(F)F. The molecule has 1 aromatic rings. The summed E-state index contributed by atoms with van der Waals surface area (Å²) in [6.45, 7) is 0. The van der Waals surface area contributed by atoms with Crippen LogP contribution in [0.4, 0.5) is 13.2 Å². The molecule has 1 aromatic heterocycles. The summed E-state index contributed by atoms with van der Waals surface area (Å²) in [6, 6.07) is 2.46. The van der Waals surface area contributed by atoms with Gasteiger partial charge in [0, 0.05) is 11.4 Å². The van der Waals surface area contributed by atoms with Crippen LogP contribution in [-0.2, 0) is 11.2 Å². The summed E-state index contributed by atoms with van der Waals surface area (Å²) >= 11 is -2.17. The van der Waals surface area contributed by atoms with Gasteiger partial charge in [-0.25, -0.2) is 0 Å². The summed E-state index contributed by atoms with van der Waals surface area (Å²) < 4.78 is 45.4. The molecule has 0 spiro atoms. The Labute approximate surface area is 68.0 Å². The van der Waals surface area contributed by atoms with Gasteiger partial charge in [0.2, 0.25) is 4.21 Å². The minimum absolute atomic E-state index is 0.211. The van der Waals surface area contributed by atoms with Gasteiger partial charge in [-0.05, 0) is 6.07 Å². The number of halogens is 3. The molecule has 0 aliphatic carbocycles. The largest absolute Gasteiger partial charge is 0.604 e. The van der Waals surface area contributed by atoms with Crippen LogP contribution in [0.5, 0.6) is 0 Å². The fourth-order valence-electron chi connectivity index (χ4n) is 0.442. The van der Waals surface area contributed by atoms with Crippen LogP contribution in [0.15, 0.2) is 16.3 Å². The van der Waals surface area contributed by atoms with E-state index >= 15 is 0 Å². The Kier molecular flexibility index (Phi) is 2.46. The molecule has 1 atom stereocenters. The van der Waals surface area contributed by atoms with Crippen molar-refractivity contribution < 1.29 is 17.7 Å². The molecule has 1 unspecified atom stereocenters. The van der Waals surface area contributed by atoms with E-state index < -0.39 is 16.7 Å². The number of hydrogen-bond acceptors (Lipinski definition) is 2. The van der Waals surface area contributed by atoms with E-state index in [1.807, 2.05) is 0 Å². The van der Waals surface area contributed by atoms with Gasteiger partial charge in [0.15, 0.2) is 0 Å². The first kappa shape index (κ1) is 8.89. The lowest BCUT2D eigenvalue weighted by molar-refractivity contribution is -0.0433. The number of thiophene rings is 1. The second-order valence-electron chi connectivity index (χ2n) is 1.59. The lowest BCUT2D eigenvalue weighted by Crippen LogP contribution is -2.22.